The number of thiophene rings is 1. The number of nitrogens with one attached hydrogen (secondary N) is 1. The Hall–Kier alpha value is -4.66. The van der Waals surface area contributed by atoms with Gasteiger partial charge in [-0.2, -0.15) is 0 Å². The van der Waals surface area contributed by atoms with E-state index in [1.807, 2.05) is 11.3 Å². The van der Waals surface area contributed by atoms with Gasteiger partial charge in [-0.3, -0.25) is 0 Å². The molecule has 39 heavy (non-hydrogen) atoms. The van der Waals surface area contributed by atoms with Crippen LogP contribution in [0.15, 0.2) is 146 Å². The predicted molar refractivity (Wildman–Crippen MR) is 166 cm³/mol. The van der Waals surface area contributed by atoms with Gasteiger partial charge in [0.05, 0.1) is 5.41 Å². The normalized spacial score (nSPS) is 13.3. The highest BCUT2D eigenvalue weighted by Gasteiger charge is 2.46. The molecule has 0 atom stereocenters. The molecule has 1 aromatic heterocycles. The first-order valence-electron chi connectivity index (χ1n) is 13.4. The van der Waals surface area contributed by atoms with Gasteiger partial charge < -0.3 is 5.32 Å². The molecule has 2 heteroatoms. The number of anilines is 2. The first-order chi connectivity index (χ1) is 19.3. The van der Waals surface area contributed by atoms with E-state index in [0.717, 1.165) is 11.4 Å². The second-order valence-electron chi connectivity index (χ2n) is 10.2. The molecule has 1 aliphatic carbocycles. The molecule has 184 valence electrons. The lowest BCUT2D eigenvalue weighted by atomic mass is 9.67. The highest BCUT2D eigenvalue weighted by molar-refractivity contribution is 7.25. The van der Waals surface area contributed by atoms with E-state index in [1.165, 1.54) is 53.6 Å². The lowest BCUT2D eigenvalue weighted by molar-refractivity contribution is 0.771. The Morgan fingerprint density at radius 2 is 1.05 bits per heavy atom. The summed E-state index contributed by atoms with van der Waals surface area (Å²) in [7, 11) is 0. The summed E-state index contributed by atoms with van der Waals surface area (Å²) in [5.74, 6) is 0. The molecule has 1 heterocycles. The first kappa shape index (κ1) is 22.3. The highest BCUT2D eigenvalue weighted by atomic mass is 32.1. The Morgan fingerprint density at radius 1 is 0.462 bits per heavy atom. The molecule has 1 nitrogen and oxygen atoms in total. The number of fused-ring (bicyclic) bond motifs is 6. The minimum Gasteiger partial charge on any atom is -0.355 e. The molecule has 1 N–H and O–H groups in total. The van der Waals surface area contributed by atoms with Gasteiger partial charge in [-0.15, -0.1) is 11.3 Å². The van der Waals surface area contributed by atoms with Crippen LogP contribution in [0.5, 0.6) is 0 Å². The standard InChI is InChI=1S/C37H25NS/c1-2-12-25(13-3-1)37(31-17-7-4-14-27(31)28-15-5-8-18-32(28)37)33-19-9-10-20-34(33)38-26-22-23-36-30(24-26)29-16-6-11-21-35(29)39-36/h1-24,38H. The van der Waals surface area contributed by atoms with Gasteiger partial charge in [0.1, 0.15) is 0 Å². The van der Waals surface area contributed by atoms with Gasteiger partial charge in [-0.25, -0.2) is 0 Å². The van der Waals surface area contributed by atoms with Crippen molar-refractivity contribution in [3.63, 3.8) is 0 Å². The van der Waals surface area contributed by atoms with Crippen LogP contribution < -0.4 is 5.32 Å². The molecule has 0 aliphatic heterocycles. The van der Waals surface area contributed by atoms with Crippen molar-refractivity contribution in [3.05, 3.63) is 168 Å². The van der Waals surface area contributed by atoms with Crippen molar-refractivity contribution in [2.75, 3.05) is 5.32 Å². The van der Waals surface area contributed by atoms with E-state index in [0.29, 0.717) is 0 Å². The van der Waals surface area contributed by atoms with Crippen LogP contribution in [0.25, 0.3) is 31.3 Å². The molecule has 6 aromatic carbocycles. The minimum atomic E-state index is -0.433. The molecular formula is C37H25NS. The molecule has 0 saturated heterocycles. The summed E-state index contributed by atoms with van der Waals surface area (Å²) in [5.41, 5.74) is 9.57. The van der Waals surface area contributed by atoms with Crippen molar-refractivity contribution in [1.29, 1.82) is 0 Å². The van der Waals surface area contributed by atoms with E-state index < -0.39 is 5.41 Å². The molecule has 7 aromatic rings. The fraction of sp³-hybridized carbons (Fsp3) is 0.0270. The summed E-state index contributed by atoms with van der Waals surface area (Å²) in [6.45, 7) is 0. The van der Waals surface area contributed by atoms with Crippen LogP contribution in [0, 0.1) is 0 Å². The first-order valence-corrected chi connectivity index (χ1v) is 14.2. The van der Waals surface area contributed by atoms with Crippen LogP contribution in [0.3, 0.4) is 0 Å². The van der Waals surface area contributed by atoms with Crippen LogP contribution >= 0.6 is 11.3 Å². The van der Waals surface area contributed by atoms with Crippen molar-refractivity contribution in [1.82, 2.24) is 0 Å². The summed E-state index contributed by atoms with van der Waals surface area (Å²) >= 11 is 1.85. The van der Waals surface area contributed by atoms with Gasteiger partial charge in [-0.1, -0.05) is 115 Å². The number of benzene rings is 6. The summed E-state index contributed by atoms with van der Waals surface area (Å²) in [6.07, 6.45) is 0. The zero-order valence-corrected chi connectivity index (χ0v) is 22.1. The van der Waals surface area contributed by atoms with Crippen LogP contribution in [0.2, 0.25) is 0 Å². The Labute approximate surface area is 232 Å². The van der Waals surface area contributed by atoms with Gasteiger partial charge >= 0.3 is 0 Å². The number of hydrogen-bond acceptors (Lipinski definition) is 2. The molecule has 0 bridgehead atoms. The molecule has 0 unspecified atom stereocenters. The van der Waals surface area contributed by atoms with Crippen molar-refractivity contribution in [3.8, 4) is 11.1 Å². The van der Waals surface area contributed by atoms with E-state index in [-0.39, 0.29) is 0 Å². The van der Waals surface area contributed by atoms with E-state index in [9.17, 15) is 0 Å². The summed E-state index contributed by atoms with van der Waals surface area (Å²) in [5, 5.41) is 6.47. The maximum Gasteiger partial charge on any atom is 0.0733 e. The van der Waals surface area contributed by atoms with Gasteiger partial charge in [0, 0.05) is 31.5 Å². The second kappa shape index (κ2) is 8.69. The van der Waals surface area contributed by atoms with Crippen LogP contribution in [-0.2, 0) is 5.41 Å². The molecule has 0 fully saturated rings. The molecular weight excluding hydrogens is 490 g/mol. The minimum absolute atomic E-state index is 0.433. The predicted octanol–water partition coefficient (Wildman–Crippen LogP) is 10.2. The maximum atomic E-state index is 3.86. The average Bonchev–Trinajstić information content (AvgIpc) is 3.52. The molecule has 8 rings (SSSR count). The monoisotopic (exact) mass is 515 g/mol. The molecule has 0 radical (unpaired) electrons. The van der Waals surface area contributed by atoms with Crippen LogP contribution in [-0.4, -0.2) is 0 Å². The summed E-state index contributed by atoms with van der Waals surface area (Å²) < 4.78 is 2.64. The van der Waals surface area contributed by atoms with Crippen molar-refractivity contribution in [2.45, 2.75) is 5.41 Å². The largest absolute Gasteiger partial charge is 0.355 e. The lowest BCUT2D eigenvalue weighted by Gasteiger charge is -2.35. The molecule has 0 saturated carbocycles. The average molecular weight is 516 g/mol. The van der Waals surface area contributed by atoms with Crippen LogP contribution in [0.4, 0.5) is 11.4 Å². The third-order valence-corrected chi connectivity index (χ3v) is 9.30. The van der Waals surface area contributed by atoms with E-state index in [4.69, 9.17) is 0 Å². The number of rotatable bonds is 4. The maximum absolute atomic E-state index is 3.86. The summed E-state index contributed by atoms with van der Waals surface area (Å²) in [6, 6.07) is 53.1. The van der Waals surface area contributed by atoms with E-state index >= 15 is 0 Å². The van der Waals surface area contributed by atoms with Gasteiger partial charge in [0.2, 0.25) is 0 Å². The van der Waals surface area contributed by atoms with Gasteiger partial charge in [-0.05, 0) is 63.7 Å². The zero-order valence-electron chi connectivity index (χ0n) is 21.3. The van der Waals surface area contributed by atoms with Crippen LogP contribution in [0.1, 0.15) is 22.3 Å². The third-order valence-electron chi connectivity index (χ3n) is 8.15. The molecule has 0 amide bonds. The summed E-state index contributed by atoms with van der Waals surface area (Å²) in [4.78, 5) is 0. The fourth-order valence-electron chi connectivity index (χ4n) is 6.56. The second-order valence-corrected chi connectivity index (χ2v) is 11.3. The van der Waals surface area contributed by atoms with Gasteiger partial charge in [0.15, 0.2) is 0 Å². The Bertz CT molecular complexity index is 1950. The Morgan fingerprint density at radius 3 is 1.82 bits per heavy atom. The highest BCUT2D eigenvalue weighted by Crippen LogP contribution is 2.57. The third kappa shape index (κ3) is 3.25. The SMILES string of the molecule is c1ccc(C2(c3ccccc3Nc3ccc4sc5ccccc5c4c3)c3ccccc3-c3ccccc32)cc1. The zero-order chi connectivity index (χ0) is 25.8. The quantitative estimate of drug-likeness (QED) is 0.246. The number of hydrogen-bond donors (Lipinski definition) is 1. The van der Waals surface area contributed by atoms with Crippen molar-refractivity contribution < 1.29 is 0 Å². The molecule has 0 spiro atoms. The van der Waals surface area contributed by atoms with E-state index in [1.54, 1.807) is 0 Å². The smallest absolute Gasteiger partial charge is 0.0733 e. The van der Waals surface area contributed by atoms with Crippen molar-refractivity contribution in [2.24, 2.45) is 0 Å². The number of para-hydroxylation sites is 1. The fourth-order valence-corrected chi connectivity index (χ4v) is 7.64. The Kier molecular flexibility index (Phi) is 4.98. The molecule has 1 aliphatic rings. The Balaban J connectivity index is 1.37. The van der Waals surface area contributed by atoms with Gasteiger partial charge in [0.25, 0.3) is 0 Å². The van der Waals surface area contributed by atoms with Crippen molar-refractivity contribution >= 4 is 42.9 Å². The topological polar surface area (TPSA) is 12.0 Å². The van der Waals surface area contributed by atoms with E-state index in [2.05, 4.69) is 151 Å². The lowest BCUT2D eigenvalue weighted by Crippen LogP contribution is -2.29.